The number of benzene rings is 2. The number of nitrogens with zero attached hydrogens (tertiary/aromatic N) is 2. The quantitative estimate of drug-likeness (QED) is 0.310. The summed E-state index contributed by atoms with van der Waals surface area (Å²) in [6.07, 6.45) is 7.24. The Labute approximate surface area is 235 Å². The smallest absolute Gasteiger partial charge is 0.176 e. The van der Waals surface area contributed by atoms with Crippen LogP contribution in [-0.2, 0) is 0 Å². The number of phenols is 1. The van der Waals surface area contributed by atoms with E-state index in [1.165, 1.54) is 20.0 Å². The van der Waals surface area contributed by atoms with E-state index in [9.17, 15) is 9.90 Å². The van der Waals surface area contributed by atoms with Gasteiger partial charge in [-0.05, 0) is 86.9 Å². The topological polar surface area (TPSA) is 101 Å². The maximum Gasteiger partial charge on any atom is 0.176 e. The zero-order valence-corrected chi connectivity index (χ0v) is 23.4. The van der Waals surface area contributed by atoms with Crippen molar-refractivity contribution in [2.45, 2.75) is 51.1 Å². The third-order valence-electron chi connectivity index (χ3n) is 7.85. The monoisotopic (exact) mass is 558 g/mol. The summed E-state index contributed by atoms with van der Waals surface area (Å²) in [6, 6.07) is 10.0. The summed E-state index contributed by atoms with van der Waals surface area (Å²) < 4.78 is 5.29. The van der Waals surface area contributed by atoms with Gasteiger partial charge in [0.15, 0.2) is 17.3 Å². The predicted octanol–water partition coefficient (Wildman–Crippen LogP) is 5.90. The van der Waals surface area contributed by atoms with E-state index in [-0.39, 0.29) is 29.0 Å². The van der Waals surface area contributed by atoms with Gasteiger partial charge in [0.1, 0.15) is 0 Å². The number of hydrogen-bond acceptors (Lipinski definition) is 7. The Bertz CT molecular complexity index is 1310. The number of likely N-dealkylation sites (tertiary alicyclic amines) is 1. The molecule has 2 heterocycles. The number of carbonyl (C=O) groups excluding carboxylic acids is 1. The van der Waals surface area contributed by atoms with Gasteiger partial charge in [-0.2, -0.15) is 0 Å². The summed E-state index contributed by atoms with van der Waals surface area (Å²) in [7, 11) is 1.50. The molecule has 7 nitrogen and oxygen atoms in total. The number of nitrogens with one attached hydrogen (secondary N) is 1. The zero-order valence-electron chi connectivity index (χ0n) is 21.9. The molecule has 1 aliphatic carbocycles. The molecule has 2 aliphatic rings. The van der Waals surface area contributed by atoms with Crippen molar-refractivity contribution in [3.05, 3.63) is 47.1 Å². The lowest BCUT2D eigenvalue weighted by molar-refractivity contribution is 0.101. The Morgan fingerprint density at radius 3 is 2.61 bits per heavy atom. The van der Waals surface area contributed by atoms with E-state index in [4.69, 9.17) is 22.1 Å². The van der Waals surface area contributed by atoms with Gasteiger partial charge >= 0.3 is 0 Å². The highest BCUT2D eigenvalue weighted by molar-refractivity contribution is 6.32. The van der Waals surface area contributed by atoms with Crippen LogP contribution in [0.4, 0.5) is 5.69 Å². The molecular weight excluding hydrogens is 523 g/mol. The molecule has 5 rings (SSSR count). The molecule has 1 saturated carbocycles. The fourth-order valence-electron chi connectivity index (χ4n) is 5.78. The maximum atomic E-state index is 12.6. The Balaban J connectivity index is 0.00000336. The van der Waals surface area contributed by atoms with E-state index in [1.54, 1.807) is 25.3 Å². The molecule has 4 N–H and O–H groups in total. The van der Waals surface area contributed by atoms with E-state index in [0.717, 1.165) is 66.6 Å². The van der Waals surface area contributed by atoms with Crippen molar-refractivity contribution in [1.29, 1.82) is 0 Å². The molecular formula is C29H36Cl2N4O3. The number of ether oxygens (including phenoxy) is 1. The molecule has 0 amide bonds. The highest BCUT2D eigenvalue weighted by Gasteiger charge is 2.27. The van der Waals surface area contributed by atoms with Gasteiger partial charge in [-0.25, -0.2) is 0 Å². The number of halogens is 2. The summed E-state index contributed by atoms with van der Waals surface area (Å²) in [5.74, 6) is 0.908. The predicted molar refractivity (Wildman–Crippen MR) is 156 cm³/mol. The zero-order chi connectivity index (χ0) is 26.1. The van der Waals surface area contributed by atoms with Crippen molar-refractivity contribution in [2.24, 2.45) is 11.7 Å². The van der Waals surface area contributed by atoms with Crippen LogP contribution in [0.3, 0.4) is 0 Å². The Morgan fingerprint density at radius 1 is 1.18 bits per heavy atom. The number of pyridine rings is 1. The number of ketones is 1. The number of carbonyl (C=O) groups is 1. The number of nitrogens with two attached hydrogens (primary N) is 1. The van der Waals surface area contributed by atoms with Crippen molar-refractivity contribution < 1.29 is 14.6 Å². The van der Waals surface area contributed by atoms with Crippen molar-refractivity contribution in [3.8, 4) is 22.6 Å². The van der Waals surface area contributed by atoms with Gasteiger partial charge in [-0.3, -0.25) is 9.78 Å². The second-order valence-corrected chi connectivity index (χ2v) is 10.9. The maximum absolute atomic E-state index is 12.6. The molecule has 9 heteroatoms. The molecule has 0 radical (unpaired) electrons. The van der Waals surface area contributed by atoms with Crippen LogP contribution < -0.4 is 15.8 Å². The van der Waals surface area contributed by atoms with Gasteiger partial charge in [0, 0.05) is 36.8 Å². The molecule has 1 atom stereocenters. The van der Waals surface area contributed by atoms with E-state index >= 15 is 0 Å². The van der Waals surface area contributed by atoms with Crippen molar-refractivity contribution in [1.82, 2.24) is 9.88 Å². The first-order valence-corrected chi connectivity index (χ1v) is 13.4. The summed E-state index contributed by atoms with van der Waals surface area (Å²) in [5.41, 5.74) is 10.0. The van der Waals surface area contributed by atoms with Crippen LogP contribution in [0.15, 0.2) is 36.5 Å². The molecule has 0 bridgehead atoms. The number of aromatic hydroxyl groups is 1. The normalized spacial score (nSPS) is 21.7. The first kappa shape index (κ1) is 28.4. The molecule has 1 saturated heterocycles. The summed E-state index contributed by atoms with van der Waals surface area (Å²) in [4.78, 5) is 19.7. The van der Waals surface area contributed by atoms with Crippen LogP contribution in [-0.4, -0.2) is 59.6 Å². The number of Topliss-reactive ketones (excluding diaryl/α,β-unsaturated/α-hetero) is 1. The molecule has 2 fully saturated rings. The number of aromatic nitrogens is 1. The van der Waals surface area contributed by atoms with Crippen molar-refractivity contribution in [3.63, 3.8) is 0 Å². The van der Waals surface area contributed by atoms with E-state index in [2.05, 4.69) is 15.2 Å². The lowest BCUT2D eigenvalue weighted by Crippen LogP contribution is -2.34. The lowest BCUT2D eigenvalue weighted by atomic mass is 9.85. The number of hydrogen-bond donors (Lipinski definition) is 3. The minimum Gasteiger partial charge on any atom is -0.503 e. The highest BCUT2D eigenvalue weighted by Crippen LogP contribution is 2.40. The second kappa shape index (κ2) is 12.1. The Morgan fingerprint density at radius 2 is 1.95 bits per heavy atom. The fourth-order valence-corrected chi connectivity index (χ4v) is 5.99. The van der Waals surface area contributed by atoms with E-state index in [1.807, 2.05) is 18.2 Å². The average molecular weight is 560 g/mol. The van der Waals surface area contributed by atoms with Gasteiger partial charge in [0.2, 0.25) is 0 Å². The Kier molecular flexibility index (Phi) is 9.04. The van der Waals surface area contributed by atoms with E-state index < -0.39 is 0 Å². The summed E-state index contributed by atoms with van der Waals surface area (Å²) >= 11 is 6.26. The molecule has 2 aromatic carbocycles. The highest BCUT2D eigenvalue weighted by atomic mass is 35.5. The number of phenolic OH excluding ortho intramolecular Hbond substituents is 1. The van der Waals surface area contributed by atoms with Gasteiger partial charge < -0.3 is 25.8 Å². The molecule has 3 aromatic rings. The average Bonchev–Trinajstić information content (AvgIpc) is 3.30. The fraction of sp³-hybridized carbons (Fsp3) is 0.448. The first-order valence-electron chi connectivity index (χ1n) is 13.1. The molecule has 1 aliphatic heterocycles. The van der Waals surface area contributed by atoms with Crippen molar-refractivity contribution in [2.75, 3.05) is 32.1 Å². The van der Waals surface area contributed by atoms with Crippen LogP contribution in [0.1, 0.15) is 49.4 Å². The second-order valence-electron chi connectivity index (χ2n) is 10.5. The van der Waals surface area contributed by atoms with Gasteiger partial charge in [-0.1, -0.05) is 17.7 Å². The van der Waals surface area contributed by atoms with Crippen LogP contribution >= 0.6 is 24.0 Å². The molecule has 204 valence electrons. The SMILES string of the molecule is COc1cc(-c2ccc3ncc(C(C)=O)c(N[C@H]4CC[C@H](CN5CCC(N)C5)CC4)c3c2)cc(Cl)c1O.Cl. The largest absolute Gasteiger partial charge is 0.503 e. The Hall–Kier alpha value is -2.58. The third kappa shape index (κ3) is 6.01. The van der Waals surface area contributed by atoms with Crippen LogP contribution in [0.25, 0.3) is 22.0 Å². The summed E-state index contributed by atoms with van der Waals surface area (Å²) in [6.45, 7) is 4.85. The molecule has 1 aromatic heterocycles. The minimum absolute atomic E-state index is 0. The standard InChI is InChI=1S/C29H35ClN4O3.ClH/c1-17(35)24-14-32-26-8-5-19(20-12-25(30)29(36)27(13-20)37-2)11-23(26)28(24)33-22-6-3-18(4-7-22)15-34-10-9-21(31)16-34;/h5,8,11-14,18,21-22,36H,3-4,6-7,9-10,15-16,31H2,1-2H3,(H,32,33);1H/t18-,21?,22-;. The van der Waals surface area contributed by atoms with Crippen LogP contribution in [0.5, 0.6) is 11.5 Å². The van der Waals surface area contributed by atoms with Gasteiger partial charge in [0.25, 0.3) is 0 Å². The third-order valence-corrected chi connectivity index (χ3v) is 8.14. The van der Waals surface area contributed by atoms with E-state index in [0.29, 0.717) is 29.3 Å². The number of anilines is 1. The van der Waals surface area contributed by atoms with Gasteiger partial charge in [-0.15, -0.1) is 12.4 Å². The van der Waals surface area contributed by atoms with Gasteiger partial charge in [0.05, 0.1) is 28.9 Å². The minimum atomic E-state index is -0.0835. The molecule has 38 heavy (non-hydrogen) atoms. The van der Waals surface area contributed by atoms with Crippen LogP contribution in [0.2, 0.25) is 5.02 Å². The first-order chi connectivity index (χ1) is 17.8. The number of methoxy groups -OCH3 is 1. The molecule has 0 spiro atoms. The summed E-state index contributed by atoms with van der Waals surface area (Å²) in [5, 5.41) is 15.0. The number of fused-ring (bicyclic) bond motifs is 1. The molecule has 1 unspecified atom stereocenters. The van der Waals surface area contributed by atoms with Crippen molar-refractivity contribution >= 4 is 46.4 Å². The lowest BCUT2D eigenvalue weighted by Gasteiger charge is -2.32. The van der Waals surface area contributed by atoms with Crippen LogP contribution in [0, 0.1) is 5.92 Å². The number of rotatable bonds is 7.